The topological polar surface area (TPSA) is 41.6 Å². The van der Waals surface area contributed by atoms with Crippen molar-refractivity contribution in [1.29, 1.82) is 0 Å². The largest absolute Gasteiger partial charge is 0.374 e. The Morgan fingerprint density at radius 2 is 2.05 bits per heavy atom. The molecule has 0 bridgehead atoms. The van der Waals surface area contributed by atoms with E-state index in [0.29, 0.717) is 13.1 Å². The Morgan fingerprint density at radius 3 is 2.67 bits per heavy atom. The number of amides is 1. The molecule has 1 fully saturated rings. The van der Waals surface area contributed by atoms with E-state index in [2.05, 4.69) is 17.4 Å². The van der Waals surface area contributed by atoms with E-state index in [-0.39, 0.29) is 24.2 Å². The number of anilines is 1. The number of rotatable bonds is 4. The lowest BCUT2D eigenvalue weighted by molar-refractivity contribution is -0.143. The highest BCUT2D eigenvalue weighted by atomic mass is 32.2. The molecule has 0 aromatic heterocycles. The number of carbonyl (C=O) groups excluding carboxylic acids is 1. The first kappa shape index (κ1) is 16.2. The predicted octanol–water partition coefficient (Wildman–Crippen LogP) is 2.84. The number of hydrogen-bond acceptors (Lipinski definition) is 4. The summed E-state index contributed by atoms with van der Waals surface area (Å²) >= 11 is 1.70. The van der Waals surface area contributed by atoms with Crippen LogP contribution in [-0.2, 0) is 9.53 Å². The summed E-state index contributed by atoms with van der Waals surface area (Å²) in [6.45, 7) is 7.27. The van der Waals surface area contributed by atoms with Crippen molar-refractivity contribution in [2.24, 2.45) is 0 Å². The van der Waals surface area contributed by atoms with Crippen LogP contribution in [0.15, 0.2) is 29.2 Å². The Labute approximate surface area is 131 Å². The van der Waals surface area contributed by atoms with Gasteiger partial charge in [-0.25, -0.2) is 0 Å². The summed E-state index contributed by atoms with van der Waals surface area (Å²) < 4.78 is 5.68. The molecule has 1 aromatic rings. The predicted molar refractivity (Wildman–Crippen MR) is 87.9 cm³/mol. The minimum atomic E-state index is -0.236. The van der Waals surface area contributed by atoms with Gasteiger partial charge < -0.3 is 15.0 Å². The molecule has 1 N–H and O–H groups in total. The van der Waals surface area contributed by atoms with Crippen LogP contribution >= 0.6 is 11.8 Å². The Kier molecular flexibility index (Phi) is 5.53. The van der Waals surface area contributed by atoms with Crippen molar-refractivity contribution < 1.29 is 9.53 Å². The number of morpholine rings is 1. The number of carbonyl (C=O) groups is 1. The maximum Gasteiger partial charge on any atom is 0.244 e. The molecule has 116 valence electrons. The Bertz CT molecular complexity index is 485. The average molecular weight is 308 g/mol. The molecule has 1 aliphatic heterocycles. The molecule has 0 aliphatic carbocycles. The molecule has 5 heteroatoms. The fourth-order valence-corrected chi connectivity index (χ4v) is 3.12. The first-order valence-corrected chi connectivity index (χ1v) is 8.57. The van der Waals surface area contributed by atoms with E-state index in [1.807, 2.05) is 44.1 Å². The van der Waals surface area contributed by atoms with Crippen LogP contribution < -0.4 is 5.32 Å². The van der Waals surface area contributed by atoms with E-state index < -0.39 is 0 Å². The van der Waals surface area contributed by atoms with Crippen molar-refractivity contribution in [3.8, 4) is 0 Å². The smallest absolute Gasteiger partial charge is 0.244 e. The molecule has 3 atom stereocenters. The molecular weight excluding hydrogens is 284 g/mol. The van der Waals surface area contributed by atoms with Gasteiger partial charge in [-0.15, -0.1) is 11.8 Å². The second-order valence-corrected chi connectivity index (χ2v) is 6.48. The van der Waals surface area contributed by atoms with E-state index in [4.69, 9.17) is 4.74 Å². The van der Waals surface area contributed by atoms with Gasteiger partial charge in [0.1, 0.15) is 6.04 Å². The summed E-state index contributed by atoms with van der Waals surface area (Å²) in [5.41, 5.74) is 0.983. The molecule has 0 spiro atoms. The van der Waals surface area contributed by atoms with E-state index in [1.165, 1.54) is 4.90 Å². The van der Waals surface area contributed by atoms with Gasteiger partial charge in [-0.2, -0.15) is 0 Å². The second-order valence-electron chi connectivity index (χ2n) is 5.60. The van der Waals surface area contributed by atoms with Gasteiger partial charge in [0, 0.05) is 23.7 Å². The Hall–Kier alpha value is -1.20. The molecule has 21 heavy (non-hydrogen) atoms. The van der Waals surface area contributed by atoms with E-state index in [0.717, 1.165) is 5.69 Å². The van der Waals surface area contributed by atoms with Crippen LogP contribution in [-0.4, -0.2) is 48.4 Å². The summed E-state index contributed by atoms with van der Waals surface area (Å²) in [7, 11) is 0. The van der Waals surface area contributed by atoms with Gasteiger partial charge >= 0.3 is 0 Å². The number of benzene rings is 1. The van der Waals surface area contributed by atoms with E-state index in [9.17, 15) is 4.79 Å². The van der Waals surface area contributed by atoms with Crippen LogP contribution in [0.4, 0.5) is 5.69 Å². The summed E-state index contributed by atoms with van der Waals surface area (Å²) in [4.78, 5) is 15.6. The van der Waals surface area contributed by atoms with Gasteiger partial charge in [-0.1, -0.05) is 6.07 Å². The van der Waals surface area contributed by atoms with Crippen LogP contribution in [0, 0.1) is 0 Å². The fraction of sp³-hybridized carbons (Fsp3) is 0.562. The van der Waals surface area contributed by atoms with Crippen LogP contribution in [0.25, 0.3) is 0 Å². The number of hydrogen-bond donors (Lipinski definition) is 1. The summed E-state index contributed by atoms with van der Waals surface area (Å²) in [6.07, 6.45) is 2.25. The minimum Gasteiger partial charge on any atom is -0.374 e. The first-order chi connectivity index (χ1) is 9.99. The molecule has 2 rings (SSSR count). The van der Waals surface area contributed by atoms with Gasteiger partial charge in [0.15, 0.2) is 0 Å². The molecule has 0 saturated carbocycles. The lowest BCUT2D eigenvalue weighted by Crippen LogP contribution is -2.52. The zero-order chi connectivity index (χ0) is 15.4. The van der Waals surface area contributed by atoms with Gasteiger partial charge in [-0.05, 0) is 45.2 Å². The first-order valence-electron chi connectivity index (χ1n) is 7.34. The summed E-state index contributed by atoms with van der Waals surface area (Å²) in [5, 5.41) is 3.30. The summed E-state index contributed by atoms with van der Waals surface area (Å²) in [6, 6.07) is 7.89. The molecule has 1 heterocycles. The number of thioether (sulfide) groups is 1. The highest BCUT2D eigenvalue weighted by molar-refractivity contribution is 7.98. The fourth-order valence-electron chi connectivity index (χ4n) is 2.66. The third kappa shape index (κ3) is 4.38. The third-order valence-corrected chi connectivity index (χ3v) is 4.28. The zero-order valence-corrected chi connectivity index (χ0v) is 13.9. The van der Waals surface area contributed by atoms with Crippen molar-refractivity contribution in [3.63, 3.8) is 0 Å². The lowest BCUT2D eigenvalue weighted by atomic mass is 10.2. The third-order valence-electron chi connectivity index (χ3n) is 3.55. The van der Waals surface area contributed by atoms with Gasteiger partial charge in [0.25, 0.3) is 0 Å². The quantitative estimate of drug-likeness (QED) is 0.869. The molecule has 0 radical (unpaired) electrons. The van der Waals surface area contributed by atoms with Crippen LogP contribution in [0.2, 0.25) is 0 Å². The number of ether oxygens (including phenoxy) is 1. The highest BCUT2D eigenvalue weighted by Crippen LogP contribution is 2.20. The molecule has 1 amide bonds. The van der Waals surface area contributed by atoms with E-state index in [1.54, 1.807) is 11.8 Å². The molecule has 3 unspecified atom stereocenters. The lowest BCUT2D eigenvalue weighted by Gasteiger charge is -2.36. The van der Waals surface area contributed by atoms with Gasteiger partial charge in [0.2, 0.25) is 5.91 Å². The molecule has 1 aromatic carbocycles. The monoisotopic (exact) mass is 308 g/mol. The zero-order valence-electron chi connectivity index (χ0n) is 13.1. The van der Waals surface area contributed by atoms with Gasteiger partial charge in [-0.3, -0.25) is 4.79 Å². The number of nitrogens with one attached hydrogen (secondary N) is 1. The van der Waals surface area contributed by atoms with Crippen LogP contribution in [0.3, 0.4) is 0 Å². The number of nitrogens with zero attached hydrogens (tertiary/aromatic N) is 1. The molecular formula is C16H24N2O2S. The Balaban J connectivity index is 1.98. The molecule has 4 nitrogen and oxygen atoms in total. The maximum atomic E-state index is 12.6. The van der Waals surface area contributed by atoms with E-state index >= 15 is 0 Å². The molecule has 1 aliphatic rings. The van der Waals surface area contributed by atoms with Crippen molar-refractivity contribution in [1.82, 2.24) is 4.90 Å². The average Bonchev–Trinajstić information content (AvgIpc) is 2.45. The normalized spacial score (nSPS) is 23.7. The SMILES string of the molecule is CSc1cccc(NC(C)C(=O)N2CC(C)OC(C)C2)c1. The van der Waals surface area contributed by atoms with Crippen LogP contribution in [0.5, 0.6) is 0 Å². The maximum absolute atomic E-state index is 12.6. The van der Waals surface area contributed by atoms with Crippen molar-refractivity contribution in [2.45, 2.75) is 43.9 Å². The van der Waals surface area contributed by atoms with Crippen molar-refractivity contribution in [3.05, 3.63) is 24.3 Å². The minimum absolute atomic E-state index is 0.102. The second kappa shape index (κ2) is 7.18. The standard InChI is InChI=1S/C16H24N2O2S/c1-11-9-18(10-12(2)20-11)16(19)13(3)17-14-6-5-7-15(8-14)21-4/h5-8,11-13,17H,9-10H2,1-4H3. The van der Waals surface area contributed by atoms with Crippen LogP contribution in [0.1, 0.15) is 20.8 Å². The summed E-state index contributed by atoms with van der Waals surface area (Å²) in [5.74, 6) is 0.131. The Morgan fingerprint density at radius 1 is 1.38 bits per heavy atom. The van der Waals surface area contributed by atoms with Gasteiger partial charge in [0.05, 0.1) is 12.2 Å². The molecule has 1 saturated heterocycles. The van der Waals surface area contributed by atoms with Crippen molar-refractivity contribution >= 4 is 23.4 Å². The highest BCUT2D eigenvalue weighted by Gasteiger charge is 2.28. The van der Waals surface area contributed by atoms with Crippen molar-refractivity contribution in [2.75, 3.05) is 24.7 Å².